The van der Waals surface area contributed by atoms with Crippen molar-refractivity contribution in [3.63, 3.8) is 0 Å². The Balaban J connectivity index is 2.52. The first-order chi connectivity index (χ1) is 8.24. The summed E-state index contributed by atoms with van der Waals surface area (Å²) in [5.74, 6) is 0. The van der Waals surface area contributed by atoms with Crippen LogP contribution in [0, 0.1) is 0 Å². The first kappa shape index (κ1) is 12.0. The van der Waals surface area contributed by atoms with Crippen molar-refractivity contribution < 1.29 is 0 Å². The summed E-state index contributed by atoms with van der Waals surface area (Å²) in [6.07, 6.45) is 5.87. The number of aromatic nitrogens is 3. The smallest absolute Gasteiger partial charge is 0.268 e. The van der Waals surface area contributed by atoms with Crippen molar-refractivity contribution in [1.82, 2.24) is 14.5 Å². The van der Waals surface area contributed by atoms with E-state index in [4.69, 9.17) is 0 Å². The van der Waals surface area contributed by atoms with E-state index in [1.54, 1.807) is 23.3 Å². The maximum Gasteiger partial charge on any atom is 0.268 e. The van der Waals surface area contributed by atoms with Crippen LogP contribution in [0.2, 0.25) is 0 Å². The van der Waals surface area contributed by atoms with Crippen molar-refractivity contribution in [2.45, 2.75) is 19.9 Å². The van der Waals surface area contributed by atoms with Crippen molar-refractivity contribution in [3.05, 3.63) is 45.7 Å². The standard InChI is InChI=1S/C12H12BrN3O/c1-2-6-16-8-15-11(10(13)12(16)17)9-4-3-5-14-7-9/h3-5,7-8H,2,6H2,1H3. The highest BCUT2D eigenvalue weighted by molar-refractivity contribution is 9.10. The molecule has 0 fully saturated rings. The fraction of sp³-hybridized carbons (Fsp3) is 0.250. The second kappa shape index (κ2) is 5.23. The van der Waals surface area contributed by atoms with Gasteiger partial charge in [-0.3, -0.25) is 14.3 Å². The SMILES string of the molecule is CCCn1cnc(-c2cccnc2)c(Br)c1=O. The number of hydrogen-bond donors (Lipinski definition) is 0. The predicted molar refractivity (Wildman–Crippen MR) is 69.7 cm³/mol. The maximum atomic E-state index is 12.0. The molecule has 0 unspecified atom stereocenters. The Labute approximate surface area is 107 Å². The van der Waals surface area contributed by atoms with E-state index < -0.39 is 0 Å². The number of rotatable bonds is 3. The highest BCUT2D eigenvalue weighted by Crippen LogP contribution is 2.21. The van der Waals surface area contributed by atoms with E-state index in [1.807, 2.05) is 19.1 Å². The molecular weight excluding hydrogens is 282 g/mol. The molecule has 0 spiro atoms. The van der Waals surface area contributed by atoms with E-state index in [1.165, 1.54) is 0 Å². The van der Waals surface area contributed by atoms with Crippen molar-refractivity contribution >= 4 is 15.9 Å². The Morgan fingerprint density at radius 3 is 2.94 bits per heavy atom. The van der Waals surface area contributed by atoms with Crippen LogP contribution < -0.4 is 5.56 Å². The lowest BCUT2D eigenvalue weighted by Gasteiger charge is -2.07. The molecule has 0 saturated carbocycles. The van der Waals surface area contributed by atoms with Gasteiger partial charge in [-0.05, 0) is 34.5 Å². The van der Waals surface area contributed by atoms with Gasteiger partial charge in [0.2, 0.25) is 0 Å². The fourth-order valence-electron chi connectivity index (χ4n) is 1.57. The van der Waals surface area contributed by atoms with Crippen molar-refractivity contribution in [2.75, 3.05) is 0 Å². The summed E-state index contributed by atoms with van der Waals surface area (Å²) >= 11 is 3.31. The lowest BCUT2D eigenvalue weighted by molar-refractivity contribution is 0.638. The largest absolute Gasteiger partial charge is 0.298 e. The minimum Gasteiger partial charge on any atom is -0.298 e. The first-order valence-electron chi connectivity index (χ1n) is 5.39. The lowest BCUT2D eigenvalue weighted by atomic mass is 10.2. The number of nitrogens with zero attached hydrogens (tertiary/aromatic N) is 3. The average molecular weight is 294 g/mol. The van der Waals surface area contributed by atoms with Crippen LogP contribution in [-0.4, -0.2) is 14.5 Å². The first-order valence-corrected chi connectivity index (χ1v) is 6.18. The lowest BCUT2D eigenvalue weighted by Crippen LogP contribution is -2.21. The van der Waals surface area contributed by atoms with E-state index in [-0.39, 0.29) is 5.56 Å². The molecule has 0 aromatic carbocycles. The Kier molecular flexibility index (Phi) is 3.68. The second-order valence-electron chi connectivity index (χ2n) is 3.65. The van der Waals surface area contributed by atoms with E-state index in [9.17, 15) is 4.79 Å². The van der Waals surface area contributed by atoms with Gasteiger partial charge >= 0.3 is 0 Å². The summed E-state index contributed by atoms with van der Waals surface area (Å²) < 4.78 is 2.09. The predicted octanol–water partition coefficient (Wildman–Crippen LogP) is 2.48. The monoisotopic (exact) mass is 293 g/mol. The molecule has 0 aliphatic carbocycles. The molecule has 17 heavy (non-hydrogen) atoms. The van der Waals surface area contributed by atoms with Gasteiger partial charge in [0.15, 0.2) is 0 Å². The highest BCUT2D eigenvalue weighted by Gasteiger charge is 2.10. The maximum absolute atomic E-state index is 12.0. The molecule has 0 N–H and O–H groups in total. The Morgan fingerprint density at radius 2 is 2.29 bits per heavy atom. The summed E-state index contributed by atoms with van der Waals surface area (Å²) in [6, 6.07) is 3.70. The molecular formula is C12H12BrN3O. The van der Waals surface area contributed by atoms with E-state index in [0.29, 0.717) is 16.7 Å². The normalized spacial score (nSPS) is 10.5. The van der Waals surface area contributed by atoms with Crippen molar-refractivity contribution in [2.24, 2.45) is 0 Å². The van der Waals surface area contributed by atoms with Gasteiger partial charge in [-0.2, -0.15) is 0 Å². The fourth-order valence-corrected chi connectivity index (χ4v) is 2.13. The second-order valence-corrected chi connectivity index (χ2v) is 4.44. The van der Waals surface area contributed by atoms with Crippen molar-refractivity contribution in [3.8, 4) is 11.3 Å². The molecule has 2 rings (SSSR count). The third-order valence-corrected chi connectivity index (χ3v) is 3.10. The number of halogens is 1. The summed E-state index contributed by atoms with van der Waals surface area (Å²) in [7, 11) is 0. The molecule has 4 nitrogen and oxygen atoms in total. The number of aryl methyl sites for hydroxylation is 1. The molecule has 2 aromatic rings. The van der Waals surface area contributed by atoms with Gasteiger partial charge in [0, 0.05) is 24.5 Å². The minimum atomic E-state index is -0.0549. The molecule has 0 aliphatic rings. The van der Waals surface area contributed by atoms with Crippen LogP contribution in [0.25, 0.3) is 11.3 Å². The number of hydrogen-bond acceptors (Lipinski definition) is 3. The van der Waals surface area contributed by atoms with Crippen LogP contribution >= 0.6 is 15.9 Å². The third kappa shape index (κ3) is 2.44. The summed E-state index contributed by atoms with van der Waals surface area (Å²) in [5, 5.41) is 0. The Morgan fingerprint density at radius 1 is 1.47 bits per heavy atom. The van der Waals surface area contributed by atoms with Crippen molar-refractivity contribution in [1.29, 1.82) is 0 Å². The highest BCUT2D eigenvalue weighted by atomic mass is 79.9. The van der Waals surface area contributed by atoms with Gasteiger partial charge in [0.25, 0.3) is 5.56 Å². The zero-order chi connectivity index (χ0) is 12.3. The van der Waals surface area contributed by atoms with E-state index in [0.717, 1.165) is 12.0 Å². The molecule has 0 radical (unpaired) electrons. The van der Waals surface area contributed by atoms with Gasteiger partial charge < -0.3 is 0 Å². The van der Waals surface area contributed by atoms with Gasteiger partial charge in [0.1, 0.15) is 4.47 Å². The quantitative estimate of drug-likeness (QED) is 0.873. The molecule has 0 bridgehead atoms. The molecule has 2 heterocycles. The zero-order valence-corrected chi connectivity index (χ0v) is 11.0. The van der Waals surface area contributed by atoms with Crippen LogP contribution in [0.3, 0.4) is 0 Å². The van der Waals surface area contributed by atoms with Crippen LogP contribution in [-0.2, 0) is 6.54 Å². The van der Waals surface area contributed by atoms with E-state index in [2.05, 4.69) is 25.9 Å². The molecule has 0 atom stereocenters. The molecule has 0 amide bonds. The molecule has 2 aromatic heterocycles. The average Bonchev–Trinajstić information content (AvgIpc) is 2.36. The molecule has 5 heteroatoms. The van der Waals surface area contributed by atoms with Gasteiger partial charge in [-0.1, -0.05) is 6.92 Å². The zero-order valence-electron chi connectivity index (χ0n) is 9.43. The van der Waals surface area contributed by atoms with Gasteiger partial charge in [0.05, 0.1) is 12.0 Å². The Bertz CT molecular complexity index is 566. The van der Waals surface area contributed by atoms with Crippen LogP contribution in [0.5, 0.6) is 0 Å². The minimum absolute atomic E-state index is 0.0549. The van der Waals surface area contributed by atoms with Crippen LogP contribution in [0.4, 0.5) is 0 Å². The Hall–Kier alpha value is -1.49. The summed E-state index contributed by atoms with van der Waals surface area (Å²) in [4.78, 5) is 20.3. The van der Waals surface area contributed by atoms with Crippen LogP contribution in [0.1, 0.15) is 13.3 Å². The van der Waals surface area contributed by atoms with E-state index >= 15 is 0 Å². The molecule has 0 aliphatic heterocycles. The third-order valence-electron chi connectivity index (χ3n) is 2.38. The topological polar surface area (TPSA) is 47.8 Å². The summed E-state index contributed by atoms with van der Waals surface area (Å²) in [5.41, 5.74) is 1.41. The van der Waals surface area contributed by atoms with Gasteiger partial charge in [-0.15, -0.1) is 0 Å². The number of pyridine rings is 1. The molecule has 88 valence electrons. The summed E-state index contributed by atoms with van der Waals surface area (Å²) in [6.45, 7) is 2.70. The van der Waals surface area contributed by atoms with Gasteiger partial charge in [-0.25, -0.2) is 4.98 Å². The van der Waals surface area contributed by atoms with Crippen LogP contribution in [0.15, 0.2) is 40.1 Å². The molecule has 0 saturated heterocycles.